The molecule has 110 valence electrons. The smallest absolute Gasteiger partial charge is 0.218 e. The van der Waals surface area contributed by atoms with E-state index in [9.17, 15) is 0 Å². The molecule has 2 aromatic rings. The first-order chi connectivity index (χ1) is 10.2. The fourth-order valence-electron chi connectivity index (χ4n) is 1.61. The van der Waals surface area contributed by atoms with Crippen molar-refractivity contribution in [2.24, 2.45) is 0 Å². The van der Waals surface area contributed by atoms with Gasteiger partial charge in [-0.3, -0.25) is 0 Å². The number of anilines is 1. The van der Waals surface area contributed by atoms with Crippen LogP contribution in [0.2, 0.25) is 0 Å². The Hall–Kier alpha value is -2.41. The Morgan fingerprint density at radius 3 is 2.57 bits per heavy atom. The molecule has 0 aliphatic rings. The van der Waals surface area contributed by atoms with Crippen LogP contribution in [0.5, 0.6) is 11.6 Å². The molecule has 0 saturated heterocycles. The van der Waals surface area contributed by atoms with Crippen LogP contribution < -0.4 is 20.1 Å². The highest BCUT2D eigenvalue weighted by atomic mass is 32.1. The lowest BCUT2D eigenvalue weighted by Crippen LogP contribution is -2.28. The quantitative estimate of drug-likeness (QED) is 0.819. The molecule has 7 heteroatoms. The van der Waals surface area contributed by atoms with Gasteiger partial charge in [-0.25, -0.2) is 9.97 Å². The summed E-state index contributed by atoms with van der Waals surface area (Å²) >= 11 is 5.22. The highest BCUT2D eigenvalue weighted by molar-refractivity contribution is 7.80. The number of aromatic nitrogens is 2. The van der Waals surface area contributed by atoms with Crippen molar-refractivity contribution in [3.8, 4) is 11.6 Å². The number of methoxy groups -OCH3 is 2. The van der Waals surface area contributed by atoms with Crippen LogP contribution in [0.1, 0.15) is 5.56 Å². The molecule has 21 heavy (non-hydrogen) atoms. The van der Waals surface area contributed by atoms with Gasteiger partial charge in [0.25, 0.3) is 0 Å². The normalized spacial score (nSPS) is 9.81. The van der Waals surface area contributed by atoms with Crippen molar-refractivity contribution >= 4 is 23.1 Å². The molecule has 1 aromatic carbocycles. The van der Waals surface area contributed by atoms with E-state index in [1.807, 2.05) is 24.3 Å². The first-order valence-corrected chi connectivity index (χ1v) is 6.66. The molecule has 2 N–H and O–H groups in total. The van der Waals surface area contributed by atoms with Gasteiger partial charge >= 0.3 is 0 Å². The lowest BCUT2D eigenvalue weighted by atomic mass is 10.2. The van der Waals surface area contributed by atoms with Gasteiger partial charge in [-0.1, -0.05) is 12.1 Å². The van der Waals surface area contributed by atoms with Crippen LogP contribution >= 0.6 is 12.2 Å². The van der Waals surface area contributed by atoms with Gasteiger partial charge in [0, 0.05) is 12.6 Å². The van der Waals surface area contributed by atoms with Crippen LogP contribution in [0.3, 0.4) is 0 Å². The Labute approximate surface area is 128 Å². The molecular weight excluding hydrogens is 288 g/mol. The molecular formula is C14H16N4O2S. The maximum absolute atomic E-state index is 5.22. The van der Waals surface area contributed by atoms with Gasteiger partial charge in [0.2, 0.25) is 5.88 Å². The number of ether oxygens (including phenoxy) is 2. The number of hydrogen-bond acceptors (Lipinski definition) is 5. The summed E-state index contributed by atoms with van der Waals surface area (Å²) in [5, 5.41) is 6.55. The van der Waals surface area contributed by atoms with E-state index in [2.05, 4.69) is 20.6 Å². The van der Waals surface area contributed by atoms with E-state index in [1.165, 1.54) is 6.33 Å². The lowest BCUT2D eigenvalue weighted by molar-refractivity contribution is 0.397. The lowest BCUT2D eigenvalue weighted by Gasteiger charge is -2.10. The monoisotopic (exact) mass is 304 g/mol. The topological polar surface area (TPSA) is 68.3 Å². The number of nitrogens with one attached hydrogen (secondary N) is 2. The van der Waals surface area contributed by atoms with Crippen molar-refractivity contribution in [1.82, 2.24) is 15.3 Å². The highest BCUT2D eigenvalue weighted by Crippen LogP contribution is 2.12. The minimum absolute atomic E-state index is 0.477. The second-order valence-electron chi connectivity index (χ2n) is 4.10. The summed E-state index contributed by atoms with van der Waals surface area (Å²) in [5.74, 6) is 1.88. The standard InChI is InChI=1S/C14H16N4O2S/c1-19-11-5-3-10(4-6-11)8-15-14(21)18-12-7-13(20-2)17-9-16-12/h3-7,9H,8H2,1-2H3,(H2,15,16,17,18,21). The molecule has 0 spiro atoms. The van der Waals surface area contributed by atoms with Crippen LogP contribution in [0.15, 0.2) is 36.7 Å². The number of benzene rings is 1. The van der Waals surface area contributed by atoms with Gasteiger partial charge in [-0.05, 0) is 29.9 Å². The minimum atomic E-state index is 0.477. The number of nitrogens with zero attached hydrogens (tertiary/aromatic N) is 2. The molecule has 0 saturated carbocycles. The van der Waals surface area contributed by atoms with Gasteiger partial charge in [0.05, 0.1) is 14.2 Å². The summed E-state index contributed by atoms with van der Waals surface area (Å²) in [7, 11) is 3.19. The molecule has 6 nitrogen and oxygen atoms in total. The van der Waals surface area contributed by atoms with Gasteiger partial charge in [-0.2, -0.15) is 0 Å². The SMILES string of the molecule is COc1ccc(CNC(=S)Nc2cc(OC)ncn2)cc1. The van der Waals surface area contributed by atoms with Crippen LogP contribution in [0.4, 0.5) is 5.82 Å². The number of thiocarbonyl (C=S) groups is 1. The third-order valence-electron chi connectivity index (χ3n) is 2.70. The van der Waals surface area contributed by atoms with Crippen LogP contribution in [0.25, 0.3) is 0 Å². The maximum atomic E-state index is 5.22. The molecule has 0 aliphatic carbocycles. The van der Waals surface area contributed by atoms with Gasteiger partial charge < -0.3 is 20.1 Å². The second-order valence-corrected chi connectivity index (χ2v) is 4.51. The van der Waals surface area contributed by atoms with E-state index in [0.29, 0.717) is 23.4 Å². The number of hydrogen-bond donors (Lipinski definition) is 2. The van der Waals surface area contributed by atoms with Crippen molar-refractivity contribution in [1.29, 1.82) is 0 Å². The Morgan fingerprint density at radius 2 is 1.90 bits per heavy atom. The number of rotatable bonds is 5. The highest BCUT2D eigenvalue weighted by Gasteiger charge is 2.02. The zero-order valence-electron chi connectivity index (χ0n) is 11.8. The summed E-state index contributed by atoms with van der Waals surface area (Å²) in [5.41, 5.74) is 1.10. The Bertz CT molecular complexity index is 604. The van der Waals surface area contributed by atoms with Crippen molar-refractivity contribution in [3.63, 3.8) is 0 Å². The summed E-state index contributed by atoms with van der Waals surface area (Å²) in [6.07, 6.45) is 1.41. The van der Waals surface area contributed by atoms with Gasteiger partial charge in [0.15, 0.2) is 5.11 Å². The molecule has 0 unspecified atom stereocenters. The molecule has 2 rings (SSSR count). The van der Waals surface area contributed by atoms with Gasteiger partial charge in [0.1, 0.15) is 17.9 Å². The third-order valence-corrected chi connectivity index (χ3v) is 2.95. The molecule has 0 fully saturated rings. The first kappa shape index (κ1) is 15.0. The van der Waals surface area contributed by atoms with E-state index >= 15 is 0 Å². The molecule has 0 atom stereocenters. The summed E-state index contributed by atoms with van der Waals surface area (Å²) in [4.78, 5) is 7.98. The largest absolute Gasteiger partial charge is 0.497 e. The van der Waals surface area contributed by atoms with Gasteiger partial charge in [-0.15, -0.1) is 0 Å². The van der Waals surface area contributed by atoms with E-state index in [-0.39, 0.29) is 0 Å². The summed E-state index contributed by atoms with van der Waals surface area (Å²) in [6, 6.07) is 9.43. The first-order valence-electron chi connectivity index (χ1n) is 6.25. The predicted octanol–water partition coefficient (Wildman–Crippen LogP) is 1.98. The molecule has 0 bridgehead atoms. The molecule has 0 aliphatic heterocycles. The maximum Gasteiger partial charge on any atom is 0.218 e. The second kappa shape index (κ2) is 7.39. The summed E-state index contributed by atoms with van der Waals surface area (Å²) < 4.78 is 10.1. The van der Waals surface area contributed by atoms with Crippen LogP contribution in [-0.4, -0.2) is 29.3 Å². The third kappa shape index (κ3) is 4.57. The summed E-state index contributed by atoms with van der Waals surface area (Å²) in [6.45, 7) is 0.609. The molecule has 0 amide bonds. The zero-order chi connectivity index (χ0) is 15.1. The van der Waals surface area contributed by atoms with Crippen molar-refractivity contribution in [3.05, 3.63) is 42.2 Å². The average Bonchev–Trinajstić information content (AvgIpc) is 2.53. The Morgan fingerprint density at radius 1 is 1.14 bits per heavy atom. The molecule has 1 aromatic heterocycles. The fraction of sp³-hybridized carbons (Fsp3) is 0.214. The zero-order valence-corrected chi connectivity index (χ0v) is 12.6. The average molecular weight is 304 g/mol. The van der Waals surface area contributed by atoms with Crippen LogP contribution in [0, 0.1) is 0 Å². The van der Waals surface area contributed by atoms with E-state index in [4.69, 9.17) is 21.7 Å². The Kier molecular flexibility index (Phi) is 5.28. The van der Waals surface area contributed by atoms with Crippen LogP contribution in [-0.2, 0) is 6.54 Å². The van der Waals surface area contributed by atoms with E-state index < -0.39 is 0 Å². The van der Waals surface area contributed by atoms with E-state index in [1.54, 1.807) is 20.3 Å². The molecule has 0 radical (unpaired) electrons. The van der Waals surface area contributed by atoms with Crippen molar-refractivity contribution < 1.29 is 9.47 Å². The van der Waals surface area contributed by atoms with E-state index in [0.717, 1.165) is 11.3 Å². The fourth-order valence-corrected chi connectivity index (χ4v) is 1.78. The minimum Gasteiger partial charge on any atom is -0.497 e. The molecule has 1 heterocycles. The van der Waals surface area contributed by atoms with Crippen molar-refractivity contribution in [2.45, 2.75) is 6.54 Å². The predicted molar refractivity (Wildman–Crippen MR) is 84.6 cm³/mol. The van der Waals surface area contributed by atoms with Crippen molar-refractivity contribution in [2.75, 3.05) is 19.5 Å². The Balaban J connectivity index is 1.86.